The number of ether oxygens (including phenoxy) is 1. The summed E-state index contributed by atoms with van der Waals surface area (Å²) in [5.74, 6) is -0.264. The Morgan fingerprint density at radius 2 is 2.07 bits per heavy atom. The van der Waals surface area contributed by atoms with Crippen molar-refractivity contribution in [3.8, 4) is 5.75 Å². The summed E-state index contributed by atoms with van der Waals surface area (Å²) >= 11 is 0. The van der Waals surface area contributed by atoms with Gasteiger partial charge in [0, 0.05) is 11.6 Å². The molecular formula is C12H14O3. The number of benzene rings is 1. The highest BCUT2D eigenvalue weighted by molar-refractivity contribution is 5.85. The molecule has 0 aliphatic heterocycles. The van der Waals surface area contributed by atoms with Gasteiger partial charge < -0.3 is 9.84 Å². The topological polar surface area (TPSA) is 46.5 Å². The highest BCUT2D eigenvalue weighted by atomic mass is 16.5. The van der Waals surface area contributed by atoms with Gasteiger partial charge in [-0.05, 0) is 26.0 Å². The van der Waals surface area contributed by atoms with Crippen LogP contribution in [0.5, 0.6) is 5.75 Å². The first kappa shape index (κ1) is 11.3. The maximum atomic E-state index is 10.4. The van der Waals surface area contributed by atoms with Crippen LogP contribution in [0.2, 0.25) is 0 Å². The molecule has 1 aromatic carbocycles. The number of carbonyl (C=O) groups is 1. The lowest BCUT2D eigenvalue weighted by molar-refractivity contribution is -0.131. The van der Waals surface area contributed by atoms with Gasteiger partial charge in [-0.25, -0.2) is 4.79 Å². The molecule has 0 saturated carbocycles. The van der Waals surface area contributed by atoms with Crippen molar-refractivity contribution >= 4 is 12.0 Å². The molecule has 0 bridgehead atoms. The second-order valence-corrected chi connectivity index (χ2v) is 3.38. The Morgan fingerprint density at radius 3 is 2.67 bits per heavy atom. The molecule has 0 fully saturated rings. The zero-order valence-corrected chi connectivity index (χ0v) is 8.81. The zero-order valence-electron chi connectivity index (χ0n) is 8.81. The first-order valence-electron chi connectivity index (χ1n) is 4.76. The molecule has 0 radical (unpaired) electrons. The number of carboxylic acids is 1. The van der Waals surface area contributed by atoms with E-state index in [1.54, 1.807) is 0 Å². The highest BCUT2D eigenvalue weighted by Gasteiger charge is 2.01. The maximum Gasteiger partial charge on any atom is 0.328 e. The molecule has 0 aromatic heterocycles. The summed E-state index contributed by atoms with van der Waals surface area (Å²) in [7, 11) is 0. The van der Waals surface area contributed by atoms with Gasteiger partial charge >= 0.3 is 5.97 Å². The minimum atomic E-state index is -0.964. The Morgan fingerprint density at radius 1 is 1.40 bits per heavy atom. The van der Waals surface area contributed by atoms with E-state index >= 15 is 0 Å². The van der Waals surface area contributed by atoms with E-state index in [4.69, 9.17) is 9.84 Å². The van der Waals surface area contributed by atoms with Crippen molar-refractivity contribution in [3.05, 3.63) is 35.9 Å². The summed E-state index contributed by atoms with van der Waals surface area (Å²) in [6, 6.07) is 7.34. The Balaban J connectivity index is 2.91. The van der Waals surface area contributed by atoms with Gasteiger partial charge in [-0.1, -0.05) is 18.2 Å². The average molecular weight is 206 g/mol. The van der Waals surface area contributed by atoms with Crippen LogP contribution >= 0.6 is 0 Å². The number of rotatable bonds is 4. The van der Waals surface area contributed by atoms with E-state index in [1.807, 2.05) is 38.1 Å². The van der Waals surface area contributed by atoms with Crippen molar-refractivity contribution in [2.75, 3.05) is 0 Å². The van der Waals surface area contributed by atoms with E-state index in [0.29, 0.717) is 5.75 Å². The summed E-state index contributed by atoms with van der Waals surface area (Å²) in [4.78, 5) is 10.4. The maximum absolute atomic E-state index is 10.4. The predicted molar refractivity (Wildman–Crippen MR) is 58.9 cm³/mol. The summed E-state index contributed by atoms with van der Waals surface area (Å²) < 4.78 is 5.53. The third kappa shape index (κ3) is 3.85. The minimum Gasteiger partial charge on any atom is -0.490 e. The Labute approximate surface area is 89.0 Å². The number of hydrogen-bond donors (Lipinski definition) is 1. The molecule has 0 spiro atoms. The van der Waals surface area contributed by atoms with E-state index in [2.05, 4.69) is 0 Å². The second kappa shape index (κ2) is 5.20. The highest BCUT2D eigenvalue weighted by Crippen LogP contribution is 2.20. The van der Waals surface area contributed by atoms with Gasteiger partial charge in [-0.3, -0.25) is 0 Å². The Kier molecular flexibility index (Phi) is 3.92. The standard InChI is InChI=1S/C12H14O3/c1-9(2)15-11-6-4-3-5-10(11)7-8-12(13)14/h3-9H,1-2H3,(H,13,14)/b8-7+. The van der Waals surface area contributed by atoms with Crippen LogP contribution in [0.3, 0.4) is 0 Å². The van der Waals surface area contributed by atoms with E-state index in [9.17, 15) is 4.79 Å². The molecule has 0 amide bonds. The van der Waals surface area contributed by atoms with Gasteiger partial charge in [0.1, 0.15) is 5.75 Å². The van der Waals surface area contributed by atoms with E-state index in [-0.39, 0.29) is 6.10 Å². The van der Waals surface area contributed by atoms with Crippen molar-refractivity contribution < 1.29 is 14.6 Å². The van der Waals surface area contributed by atoms with E-state index in [1.165, 1.54) is 6.08 Å². The Bertz CT molecular complexity index is 367. The summed E-state index contributed by atoms with van der Waals surface area (Å²) in [5, 5.41) is 8.52. The molecule has 0 atom stereocenters. The van der Waals surface area contributed by atoms with Crippen LogP contribution in [0, 0.1) is 0 Å². The molecule has 80 valence electrons. The van der Waals surface area contributed by atoms with Crippen molar-refractivity contribution in [1.82, 2.24) is 0 Å². The van der Waals surface area contributed by atoms with Crippen LogP contribution in [0.4, 0.5) is 0 Å². The first-order chi connectivity index (χ1) is 7.09. The van der Waals surface area contributed by atoms with Gasteiger partial charge in [-0.2, -0.15) is 0 Å². The molecule has 0 aliphatic rings. The second-order valence-electron chi connectivity index (χ2n) is 3.38. The fourth-order valence-electron chi connectivity index (χ4n) is 1.14. The average Bonchev–Trinajstić information content (AvgIpc) is 2.15. The molecule has 3 heteroatoms. The van der Waals surface area contributed by atoms with Crippen LogP contribution in [0.1, 0.15) is 19.4 Å². The molecule has 0 heterocycles. The lowest BCUT2D eigenvalue weighted by atomic mass is 10.2. The molecule has 0 unspecified atom stereocenters. The van der Waals surface area contributed by atoms with Crippen LogP contribution in [-0.2, 0) is 4.79 Å². The van der Waals surface area contributed by atoms with Gasteiger partial charge in [0.2, 0.25) is 0 Å². The van der Waals surface area contributed by atoms with Crippen molar-refractivity contribution in [3.63, 3.8) is 0 Å². The zero-order chi connectivity index (χ0) is 11.3. The minimum absolute atomic E-state index is 0.0735. The molecule has 0 aliphatic carbocycles. The van der Waals surface area contributed by atoms with E-state index < -0.39 is 5.97 Å². The van der Waals surface area contributed by atoms with Crippen molar-refractivity contribution in [1.29, 1.82) is 0 Å². The van der Waals surface area contributed by atoms with E-state index in [0.717, 1.165) is 11.6 Å². The SMILES string of the molecule is CC(C)Oc1ccccc1/C=C/C(=O)O. The van der Waals surface area contributed by atoms with Crippen LogP contribution < -0.4 is 4.74 Å². The summed E-state index contributed by atoms with van der Waals surface area (Å²) in [6.45, 7) is 3.86. The van der Waals surface area contributed by atoms with Gasteiger partial charge in [0.25, 0.3) is 0 Å². The van der Waals surface area contributed by atoms with Crippen molar-refractivity contribution in [2.45, 2.75) is 20.0 Å². The monoisotopic (exact) mass is 206 g/mol. The van der Waals surface area contributed by atoms with Crippen LogP contribution in [0.25, 0.3) is 6.08 Å². The lowest BCUT2D eigenvalue weighted by Crippen LogP contribution is -2.06. The third-order valence-electron chi connectivity index (χ3n) is 1.69. The Hall–Kier alpha value is -1.77. The van der Waals surface area contributed by atoms with Gasteiger partial charge in [0.05, 0.1) is 6.10 Å². The number of aliphatic carboxylic acids is 1. The number of carboxylic acid groups (broad SMARTS) is 1. The normalized spacial score (nSPS) is 10.9. The molecule has 0 saturated heterocycles. The largest absolute Gasteiger partial charge is 0.490 e. The number of para-hydroxylation sites is 1. The molecular weight excluding hydrogens is 192 g/mol. The summed E-state index contributed by atoms with van der Waals surface area (Å²) in [5.41, 5.74) is 0.772. The predicted octanol–water partition coefficient (Wildman–Crippen LogP) is 2.57. The van der Waals surface area contributed by atoms with Crippen molar-refractivity contribution in [2.24, 2.45) is 0 Å². The van der Waals surface area contributed by atoms with Crippen LogP contribution in [0.15, 0.2) is 30.3 Å². The molecule has 1 N–H and O–H groups in total. The van der Waals surface area contributed by atoms with Crippen LogP contribution in [-0.4, -0.2) is 17.2 Å². The molecule has 1 aromatic rings. The smallest absolute Gasteiger partial charge is 0.328 e. The summed E-state index contributed by atoms with van der Waals surface area (Å²) in [6.07, 6.45) is 2.70. The third-order valence-corrected chi connectivity index (χ3v) is 1.69. The van der Waals surface area contributed by atoms with Gasteiger partial charge in [0.15, 0.2) is 0 Å². The van der Waals surface area contributed by atoms with Gasteiger partial charge in [-0.15, -0.1) is 0 Å². The quantitative estimate of drug-likeness (QED) is 0.770. The fraction of sp³-hybridized carbons (Fsp3) is 0.250. The molecule has 15 heavy (non-hydrogen) atoms. The number of hydrogen-bond acceptors (Lipinski definition) is 2. The molecule has 3 nitrogen and oxygen atoms in total. The lowest BCUT2D eigenvalue weighted by Gasteiger charge is -2.11. The first-order valence-corrected chi connectivity index (χ1v) is 4.76. The fourth-order valence-corrected chi connectivity index (χ4v) is 1.14. The molecule has 1 rings (SSSR count).